The second kappa shape index (κ2) is 13.2. The Kier molecular flexibility index (Phi) is 10.1. The molecule has 42 heavy (non-hydrogen) atoms. The largest absolute Gasteiger partial charge is 0.396 e. The van der Waals surface area contributed by atoms with E-state index < -0.39 is 27.4 Å². The first-order valence-corrected chi connectivity index (χ1v) is 16.2. The molecule has 8 nitrogen and oxygen atoms in total. The van der Waals surface area contributed by atoms with Gasteiger partial charge in [-0.15, -0.1) is 24.9 Å². The number of likely N-dealkylation sites (tertiary alicyclic amines) is 1. The number of carbonyl (C=O) groups is 3. The van der Waals surface area contributed by atoms with E-state index >= 15 is 0 Å². The summed E-state index contributed by atoms with van der Waals surface area (Å²) in [5.74, 6) is -1.30. The van der Waals surface area contributed by atoms with E-state index in [4.69, 9.17) is 0 Å². The van der Waals surface area contributed by atoms with Crippen LogP contribution >= 0.6 is 11.8 Å². The van der Waals surface area contributed by atoms with Gasteiger partial charge < -0.3 is 24.7 Å². The van der Waals surface area contributed by atoms with Gasteiger partial charge in [-0.25, -0.2) is 0 Å². The van der Waals surface area contributed by atoms with E-state index in [-0.39, 0.29) is 24.3 Å². The number of aliphatic hydroxyl groups excluding tert-OH is 1. The van der Waals surface area contributed by atoms with E-state index in [1.165, 1.54) is 0 Å². The summed E-state index contributed by atoms with van der Waals surface area (Å²) in [5.41, 5.74) is 1.86. The zero-order chi connectivity index (χ0) is 30.7. The van der Waals surface area contributed by atoms with Crippen LogP contribution in [0.4, 0.5) is 11.4 Å². The normalized spacial score (nSPS) is 27.6. The fourth-order valence-electron chi connectivity index (χ4n) is 7.44. The highest BCUT2D eigenvalue weighted by molar-refractivity contribution is 8.02. The van der Waals surface area contributed by atoms with Gasteiger partial charge in [-0.2, -0.15) is 0 Å². The van der Waals surface area contributed by atoms with Gasteiger partial charge in [0.25, 0.3) is 5.91 Å². The molecule has 1 aromatic carbocycles. The van der Waals surface area contributed by atoms with Crippen molar-refractivity contribution in [2.24, 2.45) is 11.8 Å². The number of benzene rings is 1. The molecule has 1 aromatic rings. The van der Waals surface area contributed by atoms with E-state index in [9.17, 15) is 19.5 Å². The third-order valence-electron chi connectivity index (χ3n) is 9.48. The summed E-state index contributed by atoms with van der Waals surface area (Å²) in [5, 5.41) is 9.32. The van der Waals surface area contributed by atoms with Gasteiger partial charge in [0.15, 0.2) is 0 Å². The maximum absolute atomic E-state index is 14.8. The molecule has 3 amide bonds. The number of unbranched alkanes of at least 4 members (excludes halogenated alkanes) is 2. The molecule has 4 rings (SSSR count). The van der Waals surface area contributed by atoms with Crippen LogP contribution in [-0.2, 0) is 14.4 Å². The van der Waals surface area contributed by atoms with E-state index in [2.05, 4.69) is 38.8 Å². The Labute approximate surface area is 255 Å². The Morgan fingerprint density at radius 2 is 1.67 bits per heavy atom. The maximum Gasteiger partial charge on any atom is 0.251 e. The van der Waals surface area contributed by atoms with E-state index in [0.717, 1.165) is 37.3 Å². The summed E-state index contributed by atoms with van der Waals surface area (Å²) >= 11 is 1.70. The summed E-state index contributed by atoms with van der Waals surface area (Å²) in [4.78, 5) is 50.4. The minimum atomic E-state index is -0.680. The van der Waals surface area contributed by atoms with Crippen LogP contribution in [0.1, 0.15) is 52.9 Å². The van der Waals surface area contributed by atoms with Crippen molar-refractivity contribution in [2.45, 2.75) is 68.4 Å². The molecular weight excluding hydrogens is 548 g/mol. The van der Waals surface area contributed by atoms with Crippen molar-refractivity contribution < 1.29 is 19.5 Å². The zero-order valence-electron chi connectivity index (χ0n) is 25.8. The first-order chi connectivity index (χ1) is 20.1. The summed E-state index contributed by atoms with van der Waals surface area (Å²) in [6, 6.07) is 7.36. The van der Waals surface area contributed by atoms with Crippen LogP contribution in [0.2, 0.25) is 0 Å². The Morgan fingerprint density at radius 3 is 2.26 bits per heavy atom. The SMILES string of the molecule is C=CCN(C)C(=O)[C@@H]1[C@H]2C(=O)N(CCCCCO)C(C(=O)N(CC=C)c3ccc(N(CC)CC)cc3)C23CC[C@@]1(C)S3. The molecule has 230 valence electrons. The Hall–Kier alpha value is -2.78. The molecule has 5 atom stereocenters. The molecule has 0 saturated carbocycles. The molecule has 1 spiro atoms. The fraction of sp³-hybridized carbons (Fsp3) is 0.606. The topological polar surface area (TPSA) is 84.4 Å². The third kappa shape index (κ3) is 5.50. The number of aliphatic hydroxyl groups is 1. The minimum absolute atomic E-state index is 0.0481. The summed E-state index contributed by atoms with van der Waals surface area (Å²) in [6.07, 6.45) is 7.02. The monoisotopic (exact) mass is 596 g/mol. The lowest BCUT2D eigenvalue weighted by molar-refractivity contribution is -0.144. The average molecular weight is 597 g/mol. The fourth-order valence-corrected chi connectivity index (χ4v) is 9.79. The summed E-state index contributed by atoms with van der Waals surface area (Å²) < 4.78 is -1.08. The van der Waals surface area contributed by atoms with Crippen LogP contribution in [0.5, 0.6) is 0 Å². The zero-order valence-corrected chi connectivity index (χ0v) is 26.6. The number of fused-ring (bicyclic) bond motifs is 1. The standard InChI is InChI=1S/C33H48N4O4S/c1-7-20-34(6)29(39)26-27-30(40)37(22-12-11-13-23-38)28(33(27)19-18-32(26,5)42-33)31(41)36(21-8-2)25-16-14-24(15-17-25)35(9-3)10-4/h7-8,14-17,26-28,38H,1-2,9-13,18-23H2,3-6H3/t26-,27-,28?,32+,33?/m0/s1. The second-order valence-electron chi connectivity index (χ2n) is 12.0. The van der Waals surface area contributed by atoms with Gasteiger partial charge >= 0.3 is 0 Å². The average Bonchev–Trinajstić information content (AvgIpc) is 3.55. The number of anilines is 2. The number of rotatable bonds is 15. The Balaban J connectivity index is 1.74. The summed E-state index contributed by atoms with van der Waals surface area (Å²) in [7, 11) is 1.76. The number of carbonyl (C=O) groups excluding carboxylic acids is 3. The maximum atomic E-state index is 14.8. The van der Waals surface area contributed by atoms with Crippen molar-refractivity contribution in [3.63, 3.8) is 0 Å². The molecule has 3 fully saturated rings. The third-order valence-corrected chi connectivity index (χ3v) is 11.5. The molecule has 3 heterocycles. The summed E-state index contributed by atoms with van der Waals surface area (Å²) in [6.45, 7) is 17.1. The van der Waals surface area contributed by atoms with Crippen molar-refractivity contribution in [1.29, 1.82) is 0 Å². The van der Waals surface area contributed by atoms with Crippen molar-refractivity contribution >= 4 is 40.9 Å². The smallest absolute Gasteiger partial charge is 0.251 e. The van der Waals surface area contributed by atoms with E-state index in [0.29, 0.717) is 38.9 Å². The molecule has 2 unspecified atom stereocenters. The van der Waals surface area contributed by atoms with Gasteiger partial charge in [-0.05, 0) is 77.1 Å². The van der Waals surface area contributed by atoms with Crippen molar-refractivity contribution in [3.8, 4) is 0 Å². The molecule has 0 radical (unpaired) electrons. The molecule has 3 aliphatic heterocycles. The molecule has 0 aromatic heterocycles. The van der Waals surface area contributed by atoms with E-state index in [1.54, 1.807) is 45.7 Å². The predicted molar refractivity (Wildman–Crippen MR) is 172 cm³/mol. The number of likely N-dealkylation sites (N-methyl/N-ethyl adjacent to an activating group) is 1. The highest BCUT2D eigenvalue weighted by Crippen LogP contribution is 2.71. The highest BCUT2D eigenvalue weighted by Gasteiger charge is 2.77. The molecule has 1 N–H and O–H groups in total. The van der Waals surface area contributed by atoms with Crippen LogP contribution in [0.3, 0.4) is 0 Å². The van der Waals surface area contributed by atoms with Crippen molar-refractivity contribution in [1.82, 2.24) is 9.80 Å². The lowest BCUT2D eigenvalue weighted by atomic mass is 9.66. The van der Waals surface area contributed by atoms with Crippen molar-refractivity contribution in [2.75, 3.05) is 56.2 Å². The lowest BCUT2D eigenvalue weighted by Crippen LogP contribution is -2.55. The predicted octanol–water partition coefficient (Wildman–Crippen LogP) is 4.34. The van der Waals surface area contributed by atoms with Gasteiger partial charge in [-0.1, -0.05) is 12.2 Å². The van der Waals surface area contributed by atoms with Gasteiger partial charge in [0.05, 0.1) is 16.6 Å². The van der Waals surface area contributed by atoms with Crippen LogP contribution in [0, 0.1) is 11.8 Å². The van der Waals surface area contributed by atoms with Gasteiger partial charge in [0, 0.05) is 62.5 Å². The van der Waals surface area contributed by atoms with Gasteiger partial charge in [0.2, 0.25) is 11.8 Å². The quantitative estimate of drug-likeness (QED) is 0.240. The highest BCUT2D eigenvalue weighted by atomic mass is 32.2. The van der Waals surface area contributed by atoms with Crippen molar-refractivity contribution in [3.05, 3.63) is 49.6 Å². The van der Waals surface area contributed by atoms with Gasteiger partial charge in [-0.3, -0.25) is 14.4 Å². The van der Waals surface area contributed by atoms with E-state index in [1.807, 2.05) is 24.3 Å². The first-order valence-electron chi connectivity index (χ1n) is 15.4. The minimum Gasteiger partial charge on any atom is -0.396 e. The number of nitrogens with zero attached hydrogens (tertiary/aromatic N) is 4. The first kappa shape index (κ1) is 32.1. The van der Waals surface area contributed by atoms with Crippen LogP contribution < -0.4 is 9.80 Å². The lowest BCUT2D eigenvalue weighted by Gasteiger charge is -2.38. The Morgan fingerprint density at radius 1 is 1.02 bits per heavy atom. The molecule has 0 aliphatic carbocycles. The molecular formula is C33H48N4O4S. The van der Waals surface area contributed by atoms with Crippen LogP contribution in [-0.4, -0.2) is 94.5 Å². The number of hydrogen-bond acceptors (Lipinski definition) is 6. The molecule has 3 saturated heterocycles. The van der Waals surface area contributed by atoms with Crippen LogP contribution in [0.25, 0.3) is 0 Å². The number of thioether (sulfide) groups is 1. The molecule has 9 heteroatoms. The number of amides is 3. The second-order valence-corrected chi connectivity index (χ2v) is 13.9. The molecule has 2 bridgehead atoms. The number of hydrogen-bond donors (Lipinski definition) is 1. The Bertz CT molecular complexity index is 1170. The van der Waals surface area contributed by atoms with Crippen LogP contribution in [0.15, 0.2) is 49.6 Å². The van der Waals surface area contributed by atoms with Gasteiger partial charge in [0.1, 0.15) is 6.04 Å². The molecule has 3 aliphatic rings.